The van der Waals surface area contributed by atoms with E-state index in [1.807, 2.05) is 24.3 Å². The first-order valence-corrected chi connectivity index (χ1v) is 7.09. The molecule has 0 aliphatic heterocycles. The van der Waals surface area contributed by atoms with Crippen LogP contribution in [-0.2, 0) is 6.54 Å². The molecule has 1 aromatic carbocycles. The molecule has 0 aliphatic carbocycles. The topological polar surface area (TPSA) is 34.0 Å². The summed E-state index contributed by atoms with van der Waals surface area (Å²) in [5, 5.41) is 3.27. The third-order valence-corrected chi connectivity index (χ3v) is 3.47. The Bertz CT molecular complexity index is 578. The number of rotatable bonds is 4. The fraction of sp³-hybridized carbons (Fsp3) is 0.154. The molecule has 0 spiro atoms. The maximum Gasteiger partial charge on any atom is 0.250 e. The largest absolute Gasteiger partial charge is 0.383 e. The number of halogens is 2. The summed E-state index contributed by atoms with van der Waals surface area (Å²) < 4.78 is 3.64. The molecule has 5 heteroatoms. The third kappa shape index (κ3) is 3.71. The lowest BCUT2D eigenvalue weighted by Gasteiger charge is -2.08. The Hall–Kier alpha value is -1.07. The van der Waals surface area contributed by atoms with E-state index < -0.39 is 0 Å². The van der Waals surface area contributed by atoms with Gasteiger partial charge in [0, 0.05) is 40.0 Å². The first-order chi connectivity index (χ1) is 8.65. The van der Waals surface area contributed by atoms with Crippen molar-refractivity contribution >= 4 is 37.5 Å². The SMILES string of the molecule is O=c1ccc(Br)cn1CCNc1ccc(Br)cc1. The van der Waals surface area contributed by atoms with E-state index in [1.165, 1.54) is 0 Å². The Morgan fingerprint density at radius 1 is 1.00 bits per heavy atom. The molecule has 0 aliphatic rings. The van der Waals surface area contributed by atoms with Gasteiger partial charge in [-0.2, -0.15) is 0 Å². The number of nitrogens with one attached hydrogen (secondary N) is 1. The number of benzene rings is 1. The molecule has 0 saturated carbocycles. The van der Waals surface area contributed by atoms with Gasteiger partial charge >= 0.3 is 0 Å². The Labute approximate surface area is 122 Å². The van der Waals surface area contributed by atoms with Crippen molar-refractivity contribution in [2.24, 2.45) is 0 Å². The molecule has 0 radical (unpaired) electrons. The highest BCUT2D eigenvalue weighted by Crippen LogP contribution is 2.13. The molecule has 0 unspecified atom stereocenters. The van der Waals surface area contributed by atoms with E-state index in [0.29, 0.717) is 13.1 Å². The van der Waals surface area contributed by atoms with Crippen molar-refractivity contribution < 1.29 is 0 Å². The van der Waals surface area contributed by atoms with E-state index in [1.54, 1.807) is 22.9 Å². The van der Waals surface area contributed by atoms with Crippen molar-refractivity contribution in [3.63, 3.8) is 0 Å². The van der Waals surface area contributed by atoms with E-state index >= 15 is 0 Å². The van der Waals surface area contributed by atoms with Crippen LogP contribution in [0.1, 0.15) is 0 Å². The molecule has 3 nitrogen and oxygen atoms in total. The van der Waals surface area contributed by atoms with Crippen molar-refractivity contribution in [2.45, 2.75) is 6.54 Å². The van der Waals surface area contributed by atoms with Gasteiger partial charge in [-0.15, -0.1) is 0 Å². The maximum atomic E-state index is 11.6. The number of hydrogen-bond acceptors (Lipinski definition) is 2. The molecule has 0 saturated heterocycles. The van der Waals surface area contributed by atoms with E-state index in [4.69, 9.17) is 0 Å². The van der Waals surface area contributed by atoms with Gasteiger partial charge in [0.1, 0.15) is 0 Å². The summed E-state index contributed by atoms with van der Waals surface area (Å²) >= 11 is 6.75. The molecule has 18 heavy (non-hydrogen) atoms. The van der Waals surface area contributed by atoms with Crippen molar-refractivity contribution in [3.8, 4) is 0 Å². The summed E-state index contributed by atoms with van der Waals surface area (Å²) in [4.78, 5) is 11.6. The van der Waals surface area contributed by atoms with Crippen molar-refractivity contribution in [1.82, 2.24) is 4.57 Å². The predicted molar refractivity (Wildman–Crippen MR) is 81.0 cm³/mol. The number of hydrogen-bond donors (Lipinski definition) is 1. The minimum Gasteiger partial charge on any atom is -0.383 e. The van der Waals surface area contributed by atoms with Gasteiger partial charge in [0.15, 0.2) is 0 Å². The van der Waals surface area contributed by atoms with Gasteiger partial charge in [-0.05, 0) is 46.3 Å². The van der Waals surface area contributed by atoms with Crippen LogP contribution in [-0.4, -0.2) is 11.1 Å². The molecule has 0 atom stereocenters. The van der Waals surface area contributed by atoms with Crippen molar-refractivity contribution in [1.29, 1.82) is 0 Å². The quantitative estimate of drug-likeness (QED) is 0.892. The number of nitrogens with zero attached hydrogens (tertiary/aromatic N) is 1. The molecular weight excluding hydrogens is 360 g/mol. The zero-order valence-electron chi connectivity index (χ0n) is 9.57. The van der Waals surface area contributed by atoms with Crippen LogP contribution in [0.15, 0.2) is 56.3 Å². The molecule has 2 rings (SSSR count). The van der Waals surface area contributed by atoms with Crippen molar-refractivity contribution in [2.75, 3.05) is 11.9 Å². The van der Waals surface area contributed by atoms with E-state index in [-0.39, 0.29) is 5.56 Å². The minimum absolute atomic E-state index is 0.0100. The zero-order valence-corrected chi connectivity index (χ0v) is 12.7. The molecule has 1 aromatic heterocycles. The molecule has 1 heterocycles. The van der Waals surface area contributed by atoms with Gasteiger partial charge in [-0.1, -0.05) is 15.9 Å². The molecule has 1 N–H and O–H groups in total. The smallest absolute Gasteiger partial charge is 0.250 e. The van der Waals surface area contributed by atoms with Crippen LogP contribution in [0.2, 0.25) is 0 Å². The average Bonchev–Trinajstić information content (AvgIpc) is 2.36. The van der Waals surface area contributed by atoms with Crippen LogP contribution in [0.3, 0.4) is 0 Å². The van der Waals surface area contributed by atoms with Gasteiger partial charge < -0.3 is 9.88 Å². The molecule has 94 valence electrons. The normalized spacial score (nSPS) is 10.3. The van der Waals surface area contributed by atoms with Gasteiger partial charge in [0.05, 0.1) is 0 Å². The van der Waals surface area contributed by atoms with Crippen LogP contribution in [0, 0.1) is 0 Å². The average molecular weight is 372 g/mol. The highest BCUT2D eigenvalue weighted by Gasteiger charge is 1.97. The molecular formula is C13H12Br2N2O. The van der Waals surface area contributed by atoms with Crippen LogP contribution in [0.25, 0.3) is 0 Å². The van der Waals surface area contributed by atoms with E-state index in [2.05, 4.69) is 37.2 Å². The predicted octanol–water partition coefficient (Wildman–Crippen LogP) is 3.49. The zero-order chi connectivity index (χ0) is 13.0. The second-order valence-corrected chi connectivity index (χ2v) is 5.64. The second-order valence-electron chi connectivity index (χ2n) is 3.81. The summed E-state index contributed by atoms with van der Waals surface area (Å²) in [6, 6.07) is 11.3. The Morgan fingerprint density at radius 3 is 2.39 bits per heavy atom. The Balaban J connectivity index is 1.94. The van der Waals surface area contributed by atoms with Crippen LogP contribution >= 0.6 is 31.9 Å². The van der Waals surface area contributed by atoms with Gasteiger partial charge in [0.2, 0.25) is 0 Å². The molecule has 0 amide bonds. The number of pyridine rings is 1. The lowest BCUT2D eigenvalue weighted by atomic mass is 10.3. The summed E-state index contributed by atoms with van der Waals surface area (Å²) in [5.74, 6) is 0. The summed E-state index contributed by atoms with van der Waals surface area (Å²) in [5.41, 5.74) is 1.05. The fourth-order valence-electron chi connectivity index (χ4n) is 1.57. The Morgan fingerprint density at radius 2 is 1.67 bits per heavy atom. The van der Waals surface area contributed by atoms with E-state index in [0.717, 1.165) is 14.6 Å². The number of aromatic nitrogens is 1. The summed E-state index contributed by atoms with van der Waals surface area (Å²) in [6.45, 7) is 1.34. The Kier molecular flexibility index (Phi) is 4.60. The standard InChI is InChI=1S/C13H12Br2N2O/c14-10-1-4-12(5-2-10)16-7-8-17-9-11(15)3-6-13(17)18/h1-6,9,16H,7-8H2. The lowest BCUT2D eigenvalue weighted by Crippen LogP contribution is -2.22. The minimum atomic E-state index is 0.0100. The fourth-order valence-corrected chi connectivity index (χ4v) is 2.21. The monoisotopic (exact) mass is 370 g/mol. The first kappa shape index (κ1) is 13.4. The van der Waals surface area contributed by atoms with E-state index in [9.17, 15) is 4.79 Å². The van der Waals surface area contributed by atoms with Crippen LogP contribution in [0.4, 0.5) is 5.69 Å². The van der Waals surface area contributed by atoms with Crippen molar-refractivity contribution in [3.05, 3.63) is 61.9 Å². The van der Waals surface area contributed by atoms with Crippen LogP contribution < -0.4 is 10.9 Å². The molecule has 2 aromatic rings. The molecule has 0 fully saturated rings. The third-order valence-electron chi connectivity index (χ3n) is 2.47. The summed E-state index contributed by atoms with van der Waals surface area (Å²) in [7, 11) is 0. The number of anilines is 1. The molecule has 0 bridgehead atoms. The highest BCUT2D eigenvalue weighted by molar-refractivity contribution is 9.10. The van der Waals surface area contributed by atoms with Gasteiger partial charge in [0.25, 0.3) is 5.56 Å². The van der Waals surface area contributed by atoms with Gasteiger partial charge in [-0.25, -0.2) is 0 Å². The maximum absolute atomic E-state index is 11.6. The van der Waals surface area contributed by atoms with Gasteiger partial charge in [-0.3, -0.25) is 4.79 Å². The second kappa shape index (κ2) is 6.20. The van der Waals surface area contributed by atoms with Crippen LogP contribution in [0.5, 0.6) is 0 Å². The lowest BCUT2D eigenvalue weighted by molar-refractivity contribution is 0.695. The highest BCUT2D eigenvalue weighted by atomic mass is 79.9. The summed E-state index contributed by atoms with van der Waals surface area (Å²) in [6.07, 6.45) is 1.80. The first-order valence-electron chi connectivity index (χ1n) is 5.50.